The first-order valence-electron chi connectivity index (χ1n) is 8.36. The van der Waals surface area contributed by atoms with E-state index < -0.39 is 0 Å². The van der Waals surface area contributed by atoms with Crippen molar-refractivity contribution < 1.29 is 4.79 Å². The third-order valence-electron chi connectivity index (χ3n) is 4.74. The van der Waals surface area contributed by atoms with E-state index in [4.69, 9.17) is 5.26 Å². The van der Waals surface area contributed by atoms with E-state index in [1.54, 1.807) is 24.3 Å². The Hall–Kier alpha value is -2.61. The standard InChI is InChI=1S/C19H22N4O/c1-14-11-21-15(2)23(14)13-17-6-4-8-22(12-17)19(24)18-7-3-5-16(9-18)10-20/h3,5,7,9,11,17H,4,6,8,12-13H2,1-2H3. The topological polar surface area (TPSA) is 61.9 Å². The highest BCUT2D eigenvalue weighted by atomic mass is 16.2. The highest BCUT2D eigenvalue weighted by molar-refractivity contribution is 5.94. The summed E-state index contributed by atoms with van der Waals surface area (Å²) in [6.07, 6.45) is 4.04. The number of imidazole rings is 1. The van der Waals surface area contributed by atoms with Crippen LogP contribution in [0.15, 0.2) is 30.5 Å². The summed E-state index contributed by atoms with van der Waals surface area (Å²) >= 11 is 0. The molecular weight excluding hydrogens is 300 g/mol. The number of aryl methyl sites for hydroxylation is 2. The lowest BCUT2D eigenvalue weighted by atomic mass is 9.97. The molecular formula is C19H22N4O. The fourth-order valence-corrected chi connectivity index (χ4v) is 3.42. The van der Waals surface area contributed by atoms with Gasteiger partial charge in [0.25, 0.3) is 5.91 Å². The summed E-state index contributed by atoms with van der Waals surface area (Å²) in [5.41, 5.74) is 2.29. The number of hydrogen-bond donors (Lipinski definition) is 0. The molecule has 0 radical (unpaired) electrons. The van der Waals surface area contributed by atoms with Crippen LogP contribution in [0.1, 0.15) is 40.3 Å². The van der Waals surface area contributed by atoms with E-state index in [0.717, 1.165) is 44.0 Å². The highest BCUT2D eigenvalue weighted by Gasteiger charge is 2.25. The van der Waals surface area contributed by atoms with Crippen LogP contribution in [0, 0.1) is 31.1 Å². The van der Waals surface area contributed by atoms with Crippen molar-refractivity contribution in [3.05, 3.63) is 53.1 Å². The van der Waals surface area contributed by atoms with Crippen LogP contribution in [0.2, 0.25) is 0 Å². The summed E-state index contributed by atoms with van der Waals surface area (Å²) in [6, 6.07) is 9.05. The minimum absolute atomic E-state index is 0.0240. The smallest absolute Gasteiger partial charge is 0.253 e. The van der Waals surface area contributed by atoms with Gasteiger partial charge in [-0.15, -0.1) is 0 Å². The summed E-state index contributed by atoms with van der Waals surface area (Å²) < 4.78 is 2.23. The van der Waals surface area contributed by atoms with Crippen molar-refractivity contribution in [3.8, 4) is 6.07 Å². The average molecular weight is 322 g/mol. The number of nitriles is 1. The fraction of sp³-hybridized carbons (Fsp3) is 0.421. The van der Waals surface area contributed by atoms with E-state index in [-0.39, 0.29) is 5.91 Å². The number of piperidine rings is 1. The first kappa shape index (κ1) is 16.3. The predicted octanol–water partition coefficient (Wildman–Crippen LogP) is 2.92. The van der Waals surface area contributed by atoms with E-state index in [1.165, 1.54) is 0 Å². The Balaban J connectivity index is 1.71. The Morgan fingerprint density at radius 3 is 2.96 bits per heavy atom. The fourth-order valence-electron chi connectivity index (χ4n) is 3.42. The first-order chi connectivity index (χ1) is 11.6. The van der Waals surface area contributed by atoms with E-state index in [0.29, 0.717) is 17.0 Å². The normalized spacial score (nSPS) is 17.5. The molecule has 24 heavy (non-hydrogen) atoms. The Labute approximate surface area is 142 Å². The number of aromatic nitrogens is 2. The van der Waals surface area contributed by atoms with Crippen LogP contribution < -0.4 is 0 Å². The number of rotatable bonds is 3. The molecule has 124 valence electrons. The van der Waals surface area contributed by atoms with Gasteiger partial charge in [-0.1, -0.05) is 6.07 Å². The SMILES string of the molecule is Cc1cnc(C)n1CC1CCCN(C(=O)c2cccc(C#N)c2)C1. The molecule has 1 aliphatic heterocycles. The van der Waals surface area contributed by atoms with Crippen LogP contribution in [-0.2, 0) is 6.54 Å². The highest BCUT2D eigenvalue weighted by Crippen LogP contribution is 2.22. The third kappa shape index (κ3) is 3.33. The summed E-state index contributed by atoms with van der Waals surface area (Å²) in [7, 11) is 0. The molecule has 1 aliphatic rings. The molecule has 1 atom stereocenters. The lowest BCUT2D eigenvalue weighted by Gasteiger charge is -2.33. The molecule has 0 bridgehead atoms. The van der Waals surface area contributed by atoms with E-state index in [1.807, 2.05) is 18.0 Å². The quantitative estimate of drug-likeness (QED) is 0.873. The zero-order chi connectivity index (χ0) is 17.1. The summed E-state index contributed by atoms with van der Waals surface area (Å²) in [5.74, 6) is 1.49. The molecule has 5 nitrogen and oxygen atoms in total. The molecule has 1 aromatic carbocycles. The van der Waals surface area contributed by atoms with Gasteiger partial charge in [-0.3, -0.25) is 4.79 Å². The lowest BCUT2D eigenvalue weighted by molar-refractivity contribution is 0.0661. The predicted molar refractivity (Wildman–Crippen MR) is 91.5 cm³/mol. The monoisotopic (exact) mass is 322 g/mol. The van der Waals surface area contributed by atoms with Gasteiger partial charge in [-0.2, -0.15) is 5.26 Å². The van der Waals surface area contributed by atoms with Crippen LogP contribution in [0.5, 0.6) is 0 Å². The first-order valence-corrected chi connectivity index (χ1v) is 8.36. The maximum Gasteiger partial charge on any atom is 0.253 e. The van der Waals surface area contributed by atoms with Crippen molar-refractivity contribution in [2.75, 3.05) is 13.1 Å². The maximum absolute atomic E-state index is 12.7. The maximum atomic E-state index is 12.7. The molecule has 1 unspecified atom stereocenters. The molecule has 1 aromatic heterocycles. The Kier molecular flexibility index (Phi) is 4.66. The number of hydrogen-bond acceptors (Lipinski definition) is 3. The second kappa shape index (κ2) is 6.88. The average Bonchev–Trinajstić information content (AvgIpc) is 2.93. The summed E-state index contributed by atoms with van der Waals surface area (Å²) in [6.45, 7) is 6.53. The minimum atomic E-state index is 0.0240. The zero-order valence-corrected chi connectivity index (χ0v) is 14.2. The molecule has 5 heteroatoms. The number of nitrogens with zero attached hydrogens (tertiary/aromatic N) is 4. The molecule has 1 fully saturated rings. The van der Waals surface area contributed by atoms with Gasteiger partial charge in [0.2, 0.25) is 0 Å². The van der Waals surface area contributed by atoms with E-state index in [9.17, 15) is 4.79 Å². The minimum Gasteiger partial charge on any atom is -0.338 e. The van der Waals surface area contributed by atoms with Crippen molar-refractivity contribution in [2.24, 2.45) is 5.92 Å². The van der Waals surface area contributed by atoms with Gasteiger partial charge >= 0.3 is 0 Å². The van der Waals surface area contributed by atoms with Crippen molar-refractivity contribution in [1.82, 2.24) is 14.5 Å². The molecule has 0 aliphatic carbocycles. The second-order valence-electron chi connectivity index (χ2n) is 6.51. The van der Waals surface area contributed by atoms with Crippen molar-refractivity contribution in [2.45, 2.75) is 33.2 Å². The van der Waals surface area contributed by atoms with E-state index in [2.05, 4.69) is 22.5 Å². The van der Waals surface area contributed by atoms with Gasteiger partial charge in [0.15, 0.2) is 0 Å². The van der Waals surface area contributed by atoms with Gasteiger partial charge in [-0.05, 0) is 50.8 Å². The molecule has 2 heterocycles. The lowest BCUT2D eigenvalue weighted by Crippen LogP contribution is -2.41. The van der Waals surface area contributed by atoms with Gasteiger partial charge < -0.3 is 9.47 Å². The van der Waals surface area contributed by atoms with Crippen molar-refractivity contribution >= 4 is 5.91 Å². The van der Waals surface area contributed by atoms with Crippen LogP contribution in [-0.4, -0.2) is 33.4 Å². The third-order valence-corrected chi connectivity index (χ3v) is 4.74. The molecule has 0 N–H and O–H groups in total. The number of amides is 1. The van der Waals surface area contributed by atoms with Gasteiger partial charge in [0.1, 0.15) is 5.82 Å². The number of carbonyl (C=O) groups excluding carboxylic acids is 1. The molecule has 3 rings (SSSR count). The Morgan fingerprint density at radius 1 is 1.42 bits per heavy atom. The van der Waals surface area contributed by atoms with Crippen molar-refractivity contribution in [3.63, 3.8) is 0 Å². The zero-order valence-electron chi connectivity index (χ0n) is 14.2. The molecule has 1 saturated heterocycles. The Bertz CT molecular complexity index is 767. The van der Waals surface area contributed by atoms with E-state index >= 15 is 0 Å². The molecule has 0 spiro atoms. The number of likely N-dealkylation sites (tertiary alicyclic amines) is 1. The number of carbonyl (C=O) groups is 1. The largest absolute Gasteiger partial charge is 0.338 e. The number of benzene rings is 1. The summed E-state index contributed by atoms with van der Waals surface area (Å²) in [5, 5.41) is 9.01. The van der Waals surface area contributed by atoms with Crippen LogP contribution >= 0.6 is 0 Å². The summed E-state index contributed by atoms with van der Waals surface area (Å²) in [4.78, 5) is 19.0. The van der Waals surface area contributed by atoms with Gasteiger partial charge in [0.05, 0.1) is 11.6 Å². The van der Waals surface area contributed by atoms with Gasteiger partial charge in [0, 0.05) is 37.1 Å². The van der Waals surface area contributed by atoms with Crippen molar-refractivity contribution in [1.29, 1.82) is 5.26 Å². The van der Waals surface area contributed by atoms with Gasteiger partial charge in [-0.25, -0.2) is 4.98 Å². The van der Waals surface area contributed by atoms with Crippen LogP contribution in [0.25, 0.3) is 0 Å². The second-order valence-corrected chi connectivity index (χ2v) is 6.51. The Morgan fingerprint density at radius 2 is 2.25 bits per heavy atom. The van der Waals surface area contributed by atoms with Crippen LogP contribution in [0.4, 0.5) is 0 Å². The van der Waals surface area contributed by atoms with Crippen LogP contribution in [0.3, 0.4) is 0 Å². The molecule has 1 amide bonds. The molecule has 0 saturated carbocycles. The molecule has 2 aromatic rings.